The number of nitriles is 1. The van der Waals surface area contributed by atoms with E-state index in [0.717, 1.165) is 6.42 Å². The first-order valence-corrected chi connectivity index (χ1v) is 4.55. The van der Waals surface area contributed by atoms with Crippen molar-refractivity contribution in [3.8, 4) is 6.07 Å². The minimum absolute atomic E-state index is 0.0542. The number of rotatable bonds is 1. The first-order valence-electron chi connectivity index (χ1n) is 4.55. The predicted octanol–water partition coefficient (Wildman–Crippen LogP) is -0.630. The zero-order valence-corrected chi connectivity index (χ0v) is 7.90. The molecule has 1 saturated heterocycles. The molecule has 1 aliphatic rings. The molecule has 1 N–H and O–H groups in total. The summed E-state index contributed by atoms with van der Waals surface area (Å²) in [6.45, 7) is 1.04. The van der Waals surface area contributed by atoms with Crippen LogP contribution in [0, 0.1) is 11.3 Å². The van der Waals surface area contributed by atoms with Crippen LogP contribution in [-0.4, -0.2) is 22.8 Å². The van der Waals surface area contributed by atoms with Crippen LogP contribution in [0.1, 0.15) is 18.0 Å². The number of ether oxygens (including phenoxy) is 1. The molecule has 1 fully saturated rings. The first kappa shape index (κ1) is 9.68. The average Bonchev–Trinajstić information content (AvgIpc) is 2.71. The average molecular weight is 207 g/mol. The summed E-state index contributed by atoms with van der Waals surface area (Å²) in [6.07, 6.45) is 2.01. The molecule has 0 radical (unpaired) electrons. The van der Waals surface area contributed by atoms with Gasteiger partial charge in [-0.3, -0.25) is 14.3 Å². The van der Waals surface area contributed by atoms with Crippen molar-refractivity contribution >= 4 is 0 Å². The molecule has 0 spiro atoms. The molecular formula is C9H9N3O3. The third-order valence-electron chi connectivity index (χ3n) is 2.39. The summed E-state index contributed by atoms with van der Waals surface area (Å²) < 4.78 is 6.49. The van der Waals surface area contributed by atoms with Crippen LogP contribution in [0.3, 0.4) is 0 Å². The summed E-state index contributed by atoms with van der Waals surface area (Å²) in [5.41, 5.74) is -1.19. The van der Waals surface area contributed by atoms with Crippen LogP contribution in [0.4, 0.5) is 0 Å². The Morgan fingerprint density at radius 2 is 2.40 bits per heavy atom. The Bertz CT molecular complexity index is 517. The highest BCUT2D eigenvalue weighted by Gasteiger charge is 2.19. The van der Waals surface area contributed by atoms with E-state index in [1.165, 1.54) is 10.8 Å². The van der Waals surface area contributed by atoms with E-state index >= 15 is 0 Å². The van der Waals surface area contributed by atoms with Gasteiger partial charge in [-0.2, -0.15) is 5.26 Å². The normalized spacial score (nSPS) is 20.1. The van der Waals surface area contributed by atoms with Crippen LogP contribution >= 0.6 is 0 Å². The zero-order valence-electron chi connectivity index (χ0n) is 7.90. The van der Waals surface area contributed by atoms with E-state index in [9.17, 15) is 9.59 Å². The molecule has 1 unspecified atom stereocenters. The fourth-order valence-electron chi connectivity index (χ4n) is 1.58. The SMILES string of the molecule is N#Cc1cn(C2CCOC2)c(=O)[nH]c1=O. The van der Waals surface area contributed by atoms with Gasteiger partial charge < -0.3 is 4.74 Å². The smallest absolute Gasteiger partial charge is 0.328 e. The molecule has 0 aromatic carbocycles. The van der Waals surface area contributed by atoms with Crippen LogP contribution < -0.4 is 11.2 Å². The minimum atomic E-state index is -0.641. The quantitative estimate of drug-likeness (QED) is 0.664. The standard InChI is InChI=1S/C9H9N3O3/c10-3-6-4-12(7-1-2-15-5-7)9(14)11-8(6)13/h4,7H,1-2,5H2,(H,11,13,14). The van der Waals surface area contributed by atoms with Gasteiger partial charge in [-0.1, -0.05) is 0 Å². The van der Waals surface area contributed by atoms with Crippen LogP contribution in [0.25, 0.3) is 0 Å². The van der Waals surface area contributed by atoms with Gasteiger partial charge in [-0.05, 0) is 6.42 Å². The Kier molecular flexibility index (Phi) is 2.39. The number of aromatic amines is 1. The Morgan fingerprint density at radius 1 is 1.60 bits per heavy atom. The lowest BCUT2D eigenvalue weighted by Gasteiger charge is -2.10. The molecule has 2 heterocycles. The van der Waals surface area contributed by atoms with Gasteiger partial charge in [0.1, 0.15) is 11.6 Å². The molecule has 1 aliphatic heterocycles. The largest absolute Gasteiger partial charge is 0.379 e. The molecule has 1 aromatic heterocycles. The minimum Gasteiger partial charge on any atom is -0.379 e. The van der Waals surface area contributed by atoms with Crippen molar-refractivity contribution in [1.29, 1.82) is 5.26 Å². The van der Waals surface area contributed by atoms with Gasteiger partial charge in [-0.15, -0.1) is 0 Å². The summed E-state index contributed by atoms with van der Waals surface area (Å²) in [5.74, 6) is 0. The summed E-state index contributed by atoms with van der Waals surface area (Å²) in [7, 11) is 0. The van der Waals surface area contributed by atoms with Gasteiger partial charge in [0.2, 0.25) is 0 Å². The maximum absolute atomic E-state index is 11.4. The van der Waals surface area contributed by atoms with Crippen molar-refractivity contribution < 1.29 is 4.74 Å². The summed E-state index contributed by atoms with van der Waals surface area (Å²) in [5, 5.41) is 8.66. The number of hydrogen-bond donors (Lipinski definition) is 1. The van der Waals surface area contributed by atoms with E-state index in [2.05, 4.69) is 4.98 Å². The third kappa shape index (κ3) is 1.69. The van der Waals surface area contributed by atoms with E-state index in [1.54, 1.807) is 6.07 Å². The van der Waals surface area contributed by atoms with Crippen LogP contribution in [0.2, 0.25) is 0 Å². The lowest BCUT2D eigenvalue weighted by molar-refractivity contribution is 0.185. The molecule has 2 rings (SSSR count). The highest BCUT2D eigenvalue weighted by molar-refractivity contribution is 5.21. The number of nitrogens with zero attached hydrogens (tertiary/aromatic N) is 2. The van der Waals surface area contributed by atoms with E-state index in [0.29, 0.717) is 13.2 Å². The molecule has 6 nitrogen and oxygen atoms in total. The topological polar surface area (TPSA) is 87.9 Å². The Hall–Kier alpha value is -1.87. The molecule has 0 aliphatic carbocycles. The van der Waals surface area contributed by atoms with Gasteiger partial charge in [-0.25, -0.2) is 4.79 Å². The van der Waals surface area contributed by atoms with Crippen molar-refractivity contribution in [3.63, 3.8) is 0 Å². The third-order valence-corrected chi connectivity index (χ3v) is 2.39. The maximum Gasteiger partial charge on any atom is 0.328 e. The first-order chi connectivity index (χ1) is 7.22. The van der Waals surface area contributed by atoms with Crippen molar-refractivity contribution in [1.82, 2.24) is 9.55 Å². The molecule has 1 aromatic rings. The van der Waals surface area contributed by atoms with Crippen LogP contribution in [0.5, 0.6) is 0 Å². The fourth-order valence-corrected chi connectivity index (χ4v) is 1.58. The second kappa shape index (κ2) is 3.71. The number of aromatic nitrogens is 2. The second-order valence-corrected chi connectivity index (χ2v) is 3.34. The second-order valence-electron chi connectivity index (χ2n) is 3.34. The molecule has 0 amide bonds. The van der Waals surface area contributed by atoms with E-state index in [-0.39, 0.29) is 11.6 Å². The van der Waals surface area contributed by atoms with Crippen LogP contribution in [0.15, 0.2) is 15.8 Å². The van der Waals surface area contributed by atoms with Crippen molar-refractivity contribution in [2.75, 3.05) is 13.2 Å². The summed E-state index contributed by atoms with van der Waals surface area (Å²) >= 11 is 0. The van der Waals surface area contributed by atoms with E-state index in [4.69, 9.17) is 10.00 Å². The fraction of sp³-hybridized carbons (Fsp3) is 0.444. The summed E-state index contributed by atoms with van der Waals surface area (Å²) in [4.78, 5) is 24.7. The Labute approximate surface area is 84.7 Å². The molecule has 78 valence electrons. The predicted molar refractivity (Wildman–Crippen MR) is 50.5 cm³/mol. The monoisotopic (exact) mass is 207 g/mol. The molecule has 6 heteroatoms. The molecule has 0 saturated carbocycles. The van der Waals surface area contributed by atoms with Gasteiger partial charge in [0, 0.05) is 12.8 Å². The number of H-pyrrole nitrogens is 1. The highest BCUT2D eigenvalue weighted by atomic mass is 16.5. The van der Waals surface area contributed by atoms with E-state index in [1.807, 2.05) is 0 Å². The Balaban J connectivity index is 2.52. The van der Waals surface area contributed by atoms with Gasteiger partial charge in [0.15, 0.2) is 0 Å². The van der Waals surface area contributed by atoms with Gasteiger partial charge in [0.25, 0.3) is 5.56 Å². The van der Waals surface area contributed by atoms with E-state index < -0.39 is 11.2 Å². The number of nitrogens with one attached hydrogen (secondary N) is 1. The molecule has 0 bridgehead atoms. The molecule has 15 heavy (non-hydrogen) atoms. The lowest BCUT2D eigenvalue weighted by atomic mass is 10.2. The van der Waals surface area contributed by atoms with Crippen LogP contribution in [-0.2, 0) is 4.74 Å². The number of hydrogen-bond acceptors (Lipinski definition) is 4. The van der Waals surface area contributed by atoms with Gasteiger partial charge in [0.05, 0.1) is 12.6 Å². The molecule has 1 atom stereocenters. The van der Waals surface area contributed by atoms with Crippen molar-refractivity contribution in [2.45, 2.75) is 12.5 Å². The lowest BCUT2D eigenvalue weighted by Crippen LogP contribution is -2.33. The van der Waals surface area contributed by atoms with Crippen molar-refractivity contribution in [2.24, 2.45) is 0 Å². The van der Waals surface area contributed by atoms with Gasteiger partial charge >= 0.3 is 5.69 Å². The summed E-state index contributed by atoms with van der Waals surface area (Å²) in [6, 6.07) is 1.66. The highest BCUT2D eigenvalue weighted by Crippen LogP contribution is 2.15. The maximum atomic E-state index is 11.4. The van der Waals surface area contributed by atoms with Crippen molar-refractivity contribution in [3.05, 3.63) is 32.6 Å². The zero-order chi connectivity index (χ0) is 10.8. The molecular weight excluding hydrogens is 198 g/mol. The Morgan fingerprint density at radius 3 is 3.00 bits per heavy atom.